The third-order valence-electron chi connectivity index (χ3n) is 1.82. The lowest BCUT2D eigenvalue weighted by atomic mass is 10.1. The molecule has 0 spiro atoms. The van der Waals surface area contributed by atoms with Gasteiger partial charge < -0.3 is 9.72 Å². The van der Waals surface area contributed by atoms with Crippen molar-refractivity contribution in [3.63, 3.8) is 0 Å². The molecule has 0 aliphatic carbocycles. The molecule has 1 rings (SSSR count). The fourth-order valence-electron chi connectivity index (χ4n) is 1.07. The molecule has 1 N–H and O–H groups in total. The van der Waals surface area contributed by atoms with Crippen molar-refractivity contribution in [3.8, 4) is 6.07 Å². The smallest absolute Gasteiger partial charge is 0.355 e. The van der Waals surface area contributed by atoms with Crippen LogP contribution in [0.5, 0.6) is 0 Å². The quantitative estimate of drug-likeness (QED) is 0.764. The molecule has 0 aromatic carbocycles. The number of aromatic nitrogens is 1. The van der Waals surface area contributed by atoms with Crippen LogP contribution in [0.25, 0.3) is 0 Å². The van der Waals surface area contributed by atoms with Crippen LogP contribution in [0.2, 0.25) is 0 Å². The fourth-order valence-corrected chi connectivity index (χ4v) is 1.07. The Morgan fingerprint density at radius 2 is 2.25 bits per heavy atom. The standard InChI is InChI=1S/C9H6F2N2O3/c1-16-9(15)6-5(7(10)11)2-4(3-12)8(14)13-6/h2,7H,1H3,(H,13,14). The number of methoxy groups -OCH3 is 1. The van der Waals surface area contributed by atoms with Gasteiger partial charge in [-0.05, 0) is 6.07 Å². The Morgan fingerprint density at radius 3 is 2.69 bits per heavy atom. The summed E-state index contributed by atoms with van der Waals surface area (Å²) < 4.78 is 29.3. The van der Waals surface area contributed by atoms with Gasteiger partial charge in [0, 0.05) is 0 Å². The molecule has 0 radical (unpaired) electrons. The average Bonchev–Trinajstić information content (AvgIpc) is 2.27. The first-order chi connectivity index (χ1) is 7.51. The second-order valence-electron chi connectivity index (χ2n) is 2.75. The van der Waals surface area contributed by atoms with E-state index in [0.29, 0.717) is 6.07 Å². The number of halogens is 2. The Kier molecular flexibility index (Phi) is 3.35. The molecular weight excluding hydrogens is 222 g/mol. The Balaban J connectivity index is 3.50. The molecule has 0 aliphatic heterocycles. The summed E-state index contributed by atoms with van der Waals surface area (Å²) >= 11 is 0. The van der Waals surface area contributed by atoms with E-state index >= 15 is 0 Å². The van der Waals surface area contributed by atoms with Crippen LogP contribution in [-0.4, -0.2) is 18.1 Å². The fraction of sp³-hybridized carbons (Fsp3) is 0.222. The molecule has 0 bridgehead atoms. The van der Waals surface area contributed by atoms with E-state index in [4.69, 9.17) is 5.26 Å². The first kappa shape index (κ1) is 11.8. The summed E-state index contributed by atoms with van der Waals surface area (Å²) in [6, 6.07) is 2.12. The summed E-state index contributed by atoms with van der Waals surface area (Å²) in [5, 5.41) is 8.48. The second kappa shape index (κ2) is 4.53. The maximum absolute atomic E-state index is 12.5. The third-order valence-corrected chi connectivity index (χ3v) is 1.82. The van der Waals surface area contributed by atoms with Gasteiger partial charge in [-0.25, -0.2) is 13.6 Å². The van der Waals surface area contributed by atoms with Gasteiger partial charge >= 0.3 is 5.97 Å². The topological polar surface area (TPSA) is 83.0 Å². The minimum atomic E-state index is -2.99. The van der Waals surface area contributed by atoms with Gasteiger partial charge in [-0.15, -0.1) is 0 Å². The first-order valence-corrected chi connectivity index (χ1v) is 4.05. The minimum absolute atomic E-state index is 0.483. The average molecular weight is 228 g/mol. The van der Waals surface area contributed by atoms with Crippen LogP contribution in [0.3, 0.4) is 0 Å². The van der Waals surface area contributed by atoms with E-state index in [1.54, 1.807) is 0 Å². The van der Waals surface area contributed by atoms with Crippen molar-refractivity contribution in [2.75, 3.05) is 7.11 Å². The first-order valence-electron chi connectivity index (χ1n) is 4.05. The molecule has 84 valence electrons. The van der Waals surface area contributed by atoms with Gasteiger partial charge in [0.1, 0.15) is 17.3 Å². The molecule has 7 heteroatoms. The van der Waals surface area contributed by atoms with Crippen molar-refractivity contribution in [1.82, 2.24) is 4.98 Å². The number of rotatable bonds is 2. The predicted molar refractivity (Wildman–Crippen MR) is 48.1 cm³/mol. The highest BCUT2D eigenvalue weighted by Gasteiger charge is 2.21. The number of carbonyl (C=O) groups excluding carboxylic acids is 1. The molecule has 0 fully saturated rings. The molecule has 0 amide bonds. The number of alkyl halides is 2. The largest absolute Gasteiger partial charge is 0.464 e. The Morgan fingerprint density at radius 1 is 1.62 bits per heavy atom. The maximum Gasteiger partial charge on any atom is 0.355 e. The zero-order valence-electron chi connectivity index (χ0n) is 8.08. The summed E-state index contributed by atoms with van der Waals surface area (Å²) in [6.07, 6.45) is -2.99. The Hall–Kier alpha value is -2.23. The van der Waals surface area contributed by atoms with Crippen LogP contribution in [0.1, 0.15) is 28.0 Å². The minimum Gasteiger partial charge on any atom is -0.464 e. The van der Waals surface area contributed by atoms with Gasteiger partial charge in [0.05, 0.1) is 12.7 Å². The van der Waals surface area contributed by atoms with Crippen LogP contribution in [0.15, 0.2) is 10.9 Å². The van der Waals surface area contributed by atoms with Crippen molar-refractivity contribution in [3.05, 3.63) is 33.2 Å². The lowest BCUT2D eigenvalue weighted by molar-refractivity contribution is 0.0581. The van der Waals surface area contributed by atoms with E-state index in [-0.39, 0.29) is 0 Å². The third kappa shape index (κ3) is 2.06. The number of ether oxygens (including phenoxy) is 1. The van der Waals surface area contributed by atoms with Crippen molar-refractivity contribution >= 4 is 5.97 Å². The van der Waals surface area contributed by atoms with Crippen molar-refractivity contribution < 1.29 is 18.3 Å². The molecule has 16 heavy (non-hydrogen) atoms. The lowest BCUT2D eigenvalue weighted by Gasteiger charge is -2.06. The van der Waals surface area contributed by atoms with Crippen molar-refractivity contribution in [2.45, 2.75) is 6.43 Å². The normalized spacial score (nSPS) is 9.94. The van der Waals surface area contributed by atoms with E-state index < -0.39 is 34.8 Å². The van der Waals surface area contributed by atoms with E-state index in [9.17, 15) is 18.4 Å². The van der Waals surface area contributed by atoms with Crippen LogP contribution >= 0.6 is 0 Å². The number of hydrogen-bond donors (Lipinski definition) is 1. The molecule has 0 saturated carbocycles. The number of aromatic amines is 1. The number of nitrogens with one attached hydrogen (secondary N) is 1. The second-order valence-corrected chi connectivity index (χ2v) is 2.75. The number of pyridine rings is 1. The van der Waals surface area contributed by atoms with E-state index in [0.717, 1.165) is 7.11 Å². The van der Waals surface area contributed by atoms with Gasteiger partial charge in [0.25, 0.3) is 12.0 Å². The zero-order valence-corrected chi connectivity index (χ0v) is 8.08. The van der Waals surface area contributed by atoms with Crippen molar-refractivity contribution in [2.24, 2.45) is 0 Å². The number of nitriles is 1. The van der Waals surface area contributed by atoms with Gasteiger partial charge in [0.15, 0.2) is 0 Å². The molecule has 1 heterocycles. The van der Waals surface area contributed by atoms with Gasteiger partial charge in [-0.3, -0.25) is 4.79 Å². The summed E-state index contributed by atoms with van der Waals surface area (Å²) in [6.45, 7) is 0. The SMILES string of the molecule is COC(=O)c1[nH]c(=O)c(C#N)cc1C(F)F. The Bertz CT molecular complexity index is 516. The van der Waals surface area contributed by atoms with Gasteiger partial charge in [-0.2, -0.15) is 5.26 Å². The number of carbonyl (C=O) groups is 1. The highest BCUT2D eigenvalue weighted by atomic mass is 19.3. The van der Waals surface area contributed by atoms with E-state index in [2.05, 4.69) is 4.74 Å². The molecule has 1 aromatic rings. The number of H-pyrrole nitrogens is 1. The molecule has 0 atom stereocenters. The van der Waals surface area contributed by atoms with Gasteiger partial charge in [-0.1, -0.05) is 0 Å². The molecule has 1 aromatic heterocycles. The molecule has 5 nitrogen and oxygen atoms in total. The summed E-state index contributed by atoms with van der Waals surface area (Å²) in [5.41, 5.74) is -2.76. The summed E-state index contributed by atoms with van der Waals surface area (Å²) in [7, 11) is 0.994. The molecular formula is C9H6F2N2O3. The van der Waals surface area contributed by atoms with Crippen LogP contribution < -0.4 is 5.56 Å². The highest BCUT2D eigenvalue weighted by Crippen LogP contribution is 2.21. The maximum atomic E-state index is 12.5. The van der Waals surface area contributed by atoms with E-state index in [1.165, 1.54) is 6.07 Å². The molecule has 0 aliphatic rings. The number of esters is 1. The summed E-state index contributed by atoms with van der Waals surface area (Å²) in [5.74, 6) is -1.09. The highest BCUT2D eigenvalue weighted by molar-refractivity contribution is 5.89. The predicted octanol–water partition coefficient (Wildman–Crippen LogP) is 0.971. The number of nitrogens with zero attached hydrogens (tertiary/aromatic N) is 1. The van der Waals surface area contributed by atoms with Gasteiger partial charge in [0.2, 0.25) is 0 Å². The number of hydrogen-bond acceptors (Lipinski definition) is 4. The molecule has 0 unspecified atom stereocenters. The van der Waals surface area contributed by atoms with Crippen LogP contribution in [0, 0.1) is 11.3 Å². The summed E-state index contributed by atoms with van der Waals surface area (Å²) in [4.78, 5) is 24.1. The van der Waals surface area contributed by atoms with Crippen molar-refractivity contribution in [1.29, 1.82) is 5.26 Å². The lowest BCUT2D eigenvalue weighted by Crippen LogP contribution is -2.19. The Labute approximate surface area is 88.3 Å². The van der Waals surface area contributed by atoms with Crippen LogP contribution in [-0.2, 0) is 4.74 Å². The monoisotopic (exact) mass is 228 g/mol. The molecule has 0 saturated heterocycles. The van der Waals surface area contributed by atoms with Crippen LogP contribution in [0.4, 0.5) is 8.78 Å². The van der Waals surface area contributed by atoms with E-state index in [1.807, 2.05) is 4.98 Å². The zero-order chi connectivity index (χ0) is 12.3.